The third-order valence-corrected chi connectivity index (χ3v) is 3.69. The van der Waals surface area contributed by atoms with Crippen molar-refractivity contribution < 1.29 is 4.74 Å². The van der Waals surface area contributed by atoms with Crippen LogP contribution in [0, 0.1) is 18.3 Å². The maximum Gasteiger partial charge on any atom is 0.232 e. The molecule has 3 heteroatoms. The zero-order chi connectivity index (χ0) is 13.9. The van der Waals surface area contributed by atoms with Crippen molar-refractivity contribution in [3.63, 3.8) is 0 Å². The van der Waals surface area contributed by atoms with E-state index in [-0.39, 0.29) is 6.10 Å². The predicted octanol–water partition coefficient (Wildman–Crippen LogP) is 3.72. The summed E-state index contributed by atoms with van der Waals surface area (Å²) in [6.45, 7) is 1.91. The highest BCUT2D eigenvalue weighted by Crippen LogP contribution is 2.33. The van der Waals surface area contributed by atoms with Gasteiger partial charge < -0.3 is 4.74 Å². The summed E-state index contributed by atoms with van der Waals surface area (Å²) in [6.07, 6.45) is 3.18. The van der Waals surface area contributed by atoms with E-state index in [1.54, 1.807) is 6.07 Å². The molecule has 100 valence electrons. The lowest BCUT2D eigenvalue weighted by atomic mass is 9.89. The van der Waals surface area contributed by atoms with E-state index < -0.39 is 0 Å². The van der Waals surface area contributed by atoms with Crippen LogP contribution in [-0.4, -0.2) is 4.98 Å². The van der Waals surface area contributed by atoms with Crippen LogP contribution in [-0.2, 0) is 6.42 Å². The standard InChI is InChI=1S/C17H16N2O/c1-12-9-10-14(11-18)17(19-12)20-16-8-4-6-13-5-2-3-7-15(13)16/h2-3,5,7,9-10,16H,4,6,8H2,1H3. The van der Waals surface area contributed by atoms with Crippen molar-refractivity contribution in [1.29, 1.82) is 5.26 Å². The van der Waals surface area contributed by atoms with Gasteiger partial charge in [-0.05, 0) is 49.4 Å². The molecule has 0 radical (unpaired) electrons. The van der Waals surface area contributed by atoms with E-state index in [0.717, 1.165) is 25.0 Å². The molecule has 0 aliphatic heterocycles. The second kappa shape index (κ2) is 5.34. The second-order valence-electron chi connectivity index (χ2n) is 5.11. The van der Waals surface area contributed by atoms with Crippen LogP contribution >= 0.6 is 0 Å². The summed E-state index contributed by atoms with van der Waals surface area (Å²) >= 11 is 0. The summed E-state index contributed by atoms with van der Waals surface area (Å²) in [5.74, 6) is 0.453. The quantitative estimate of drug-likeness (QED) is 0.830. The molecule has 2 aromatic rings. The van der Waals surface area contributed by atoms with Crippen molar-refractivity contribution in [2.75, 3.05) is 0 Å². The van der Waals surface area contributed by atoms with Crippen molar-refractivity contribution in [3.8, 4) is 11.9 Å². The second-order valence-corrected chi connectivity index (χ2v) is 5.11. The minimum Gasteiger partial charge on any atom is -0.469 e. The van der Waals surface area contributed by atoms with E-state index in [9.17, 15) is 0 Å². The van der Waals surface area contributed by atoms with Crippen LogP contribution in [0.5, 0.6) is 5.88 Å². The number of benzene rings is 1. The summed E-state index contributed by atoms with van der Waals surface area (Å²) in [5.41, 5.74) is 3.93. The molecule has 0 N–H and O–H groups in total. The van der Waals surface area contributed by atoms with E-state index >= 15 is 0 Å². The SMILES string of the molecule is Cc1ccc(C#N)c(OC2CCCc3ccccc32)n1. The van der Waals surface area contributed by atoms with Gasteiger partial charge in [-0.25, -0.2) is 4.98 Å². The van der Waals surface area contributed by atoms with E-state index in [1.807, 2.05) is 19.1 Å². The molecule has 0 saturated carbocycles. The molecule has 0 saturated heterocycles. The van der Waals surface area contributed by atoms with Crippen molar-refractivity contribution in [1.82, 2.24) is 4.98 Å². The van der Waals surface area contributed by atoms with Crippen LogP contribution in [0.1, 0.15) is 41.3 Å². The Hall–Kier alpha value is -2.34. The lowest BCUT2D eigenvalue weighted by Crippen LogP contribution is -2.16. The van der Waals surface area contributed by atoms with Crippen molar-refractivity contribution in [3.05, 3.63) is 58.8 Å². The topological polar surface area (TPSA) is 45.9 Å². The van der Waals surface area contributed by atoms with Gasteiger partial charge in [0.1, 0.15) is 17.7 Å². The van der Waals surface area contributed by atoms with Gasteiger partial charge in [-0.3, -0.25) is 0 Å². The number of pyridine rings is 1. The molecule has 1 unspecified atom stereocenters. The van der Waals surface area contributed by atoms with Crippen molar-refractivity contribution in [2.24, 2.45) is 0 Å². The fourth-order valence-electron chi connectivity index (χ4n) is 2.67. The summed E-state index contributed by atoms with van der Waals surface area (Å²) < 4.78 is 6.05. The Kier molecular flexibility index (Phi) is 3.39. The summed E-state index contributed by atoms with van der Waals surface area (Å²) in [7, 11) is 0. The number of hydrogen-bond acceptors (Lipinski definition) is 3. The smallest absolute Gasteiger partial charge is 0.232 e. The molecule has 1 heterocycles. The first-order valence-electron chi connectivity index (χ1n) is 6.90. The van der Waals surface area contributed by atoms with Crippen molar-refractivity contribution >= 4 is 0 Å². The average Bonchev–Trinajstić information content (AvgIpc) is 2.48. The zero-order valence-corrected chi connectivity index (χ0v) is 11.5. The van der Waals surface area contributed by atoms with E-state index in [1.165, 1.54) is 11.1 Å². The highest BCUT2D eigenvalue weighted by atomic mass is 16.5. The average molecular weight is 264 g/mol. The molecule has 20 heavy (non-hydrogen) atoms. The minimum atomic E-state index is 0.00125. The number of ether oxygens (including phenoxy) is 1. The van der Waals surface area contributed by atoms with E-state index in [4.69, 9.17) is 10.00 Å². The Labute approximate surface area is 118 Å². The van der Waals surface area contributed by atoms with Crippen LogP contribution in [0.25, 0.3) is 0 Å². The number of aromatic nitrogens is 1. The first kappa shape index (κ1) is 12.7. The highest BCUT2D eigenvalue weighted by Gasteiger charge is 2.22. The molecule has 0 fully saturated rings. The Morgan fingerprint density at radius 1 is 1.25 bits per heavy atom. The lowest BCUT2D eigenvalue weighted by Gasteiger charge is -2.26. The molecule has 0 spiro atoms. The van der Waals surface area contributed by atoms with Gasteiger partial charge in [0.25, 0.3) is 0 Å². The minimum absolute atomic E-state index is 0.00125. The van der Waals surface area contributed by atoms with Crippen LogP contribution in [0.4, 0.5) is 0 Å². The summed E-state index contributed by atoms with van der Waals surface area (Å²) in [6, 6.07) is 14.1. The van der Waals surface area contributed by atoms with E-state index in [2.05, 4.69) is 29.3 Å². The summed E-state index contributed by atoms with van der Waals surface area (Å²) in [4.78, 5) is 4.37. The molecule has 3 rings (SSSR count). The van der Waals surface area contributed by atoms with Gasteiger partial charge in [0.2, 0.25) is 5.88 Å². The Morgan fingerprint density at radius 2 is 2.10 bits per heavy atom. The van der Waals surface area contributed by atoms with E-state index in [0.29, 0.717) is 11.4 Å². The van der Waals surface area contributed by atoms with Crippen LogP contribution in [0.2, 0.25) is 0 Å². The molecule has 0 bridgehead atoms. The molecule has 1 atom stereocenters. The highest BCUT2D eigenvalue weighted by molar-refractivity contribution is 5.40. The largest absolute Gasteiger partial charge is 0.469 e. The number of aryl methyl sites for hydroxylation is 2. The third kappa shape index (κ3) is 2.37. The van der Waals surface area contributed by atoms with Crippen LogP contribution < -0.4 is 4.74 Å². The molecule has 1 aliphatic carbocycles. The number of nitrogens with zero attached hydrogens (tertiary/aromatic N) is 2. The van der Waals surface area contributed by atoms with Gasteiger partial charge in [-0.15, -0.1) is 0 Å². The molecular weight excluding hydrogens is 248 g/mol. The molecular formula is C17H16N2O. The third-order valence-electron chi connectivity index (χ3n) is 3.69. The Bertz CT molecular complexity index is 673. The van der Waals surface area contributed by atoms with Gasteiger partial charge in [-0.2, -0.15) is 5.26 Å². The van der Waals surface area contributed by atoms with Gasteiger partial charge in [0.05, 0.1) is 0 Å². The molecule has 1 aromatic carbocycles. The van der Waals surface area contributed by atoms with Gasteiger partial charge in [0.15, 0.2) is 0 Å². The first-order valence-corrected chi connectivity index (χ1v) is 6.90. The van der Waals surface area contributed by atoms with Gasteiger partial charge in [0, 0.05) is 5.69 Å². The number of fused-ring (bicyclic) bond motifs is 1. The van der Waals surface area contributed by atoms with Crippen LogP contribution in [0.3, 0.4) is 0 Å². The molecule has 1 aromatic heterocycles. The summed E-state index contributed by atoms with van der Waals surface area (Å²) in [5, 5.41) is 9.16. The van der Waals surface area contributed by atoms with Gasteiger partial charge >= 0.3 is 0 Å². The fourth-order valence-corrected chi connectivity index (χ4v) is 2.67. The fraction of sp³-hybridized carbons (Fsp3) is 0.294. The number of rotatable bonds is 2. The zero-order valence-electron chi connectivity index (χ0n) is 11.5. The predicted molar refractivity (Wildman–Crippen MR) is 76.4 cm³/mol. The monoisotopic (exact) mass is 264 g/mol. The number of nitriles is 1. The van der Waals surface area contributed by atoms with Gasteiger partial charge in [-0.1, -0.05) is 24.3 Å². The molecule has 0 amide bonds. The maximum atomic E-state index is 9.16. The van der Waals surface area contributed by atoms with Crippen molar-refractivity contribution in [2.45, 2.75) is 32.3 Å². The lowest BCUT2D eigenvalue weighted by molar-refractivity contribution is 0.175. The molecule has 3 nitrogen and oxygen atoms in total. The van der Waals surface area contributed by atoms with Crippen LogP contribution in [0.15, 0.2) is 36.4 Å². The number of hydrogen-bond donors (Lipinski definition) is 0. The maximum absolute atomic E-state index is 9.16. The first-order chi connectivity index (χ1) is 9.78. The Morgan fingerprint density at radius 3 is 2.95 bits per heavy atom. The Balaban J connectivity index is 1.93. The molecule has 1 aliphatic rings. The normalized spacial score (nSPS) is 17.1.